The van der Waals surface area contributed by atoms with Crippen LogP contribution in [0.5, 0.6) is 5.75 Å². The third-order valence-corrected chi connectivity index (χ3v) is 3.55. The fourth-order valence-corrected chi connectivity index (χ4v) is 2.53. The standard InChI is InChI=1S/C16H27NO/c1-6-8-15(17-7-2)13(4)14-11-12(3)9-10-16(14)18-5/h9-11,13,15,17H,6-8H2,1-5H3. The Morgan fingerprint density at radius 2 is 2.00 bits per heavy atom. The van der Waals surface area contributed by atoms with Crippen LogP contribution in [0.3, 0.4) is 0 Å². The largest absolute Gasteiger partial charge is 0.496 e. The summed E-state index contributed by atoms with van der Waals surface area (Å²) in [6.45, 7) is 9.86. The van der Waals surface area contributed by atoms with Crippen molar-refractivity contribution in [3.8, 4) is 5.75 Å². The lowest BCUT2D eigenvalue weighted by atomic mass is 9.89. The van der Waals surface area contributed by atoms with Crippen LogP contribution in [0.2, 0.25) is 0 Å². The predicted molar refractivity (Wildman–Crippen MR) is 78.5 cm³/mol. The lowest BCUT2D eigenvalue weighted by molar-refractivity contribution is 0.385. The molecule has 0 aliphatic carbocycles. The Kier molecular flexibility index (Phi) is 6.20. The Bertz CT molecular complexity index is 356. The van der Waals surface area contributed by atoms with Gasteiger partial charge in [-0.25, -0.2) is 0 Å². The quantitative estimate of drug-likeness (QED) is 0.791. The number of likely N-dealkylation sites (N-methyl/N-ethyl adjacent to an activating group) is 1. The highest BCUT2D eigenvalue weighted by Gasteiger charge is 2.20. The number of ether oxygens (including phenoxy) is 1. The number of hydrogen-bond acceptors (Lipinski definition) is 2. The molecule has 0 spiro atoms. The predicted octanol–water partition coefficient (Wildman–Crippen LogP) is 3.89. The summed E-state index contributed by atoms with van der Waals surface area (Å²) in [6.07, 6.45) is 2.41. The number of hydrogen-bond donors (Lipinski definition) is 1. The van der Waals surface area contributed by atoms with Crippen LogP contribution in [0.4, 0.5) is 0 Å². The molecule has 0 amide bonds. The molecule has 2 heteroatoms. The fourth-order valence-electron chi connectivity index (χ4n) is 2.53. The first kappa shape index (κ1) is 15.0. The average molecular weight is 249 g/mol. The number of nitrogens with one attached hydrogen (secondary N) is 1. The van der Waals surface area contributed by atoms with Crippen LogP contribution in [-0.2, 0) is 0 Å². The van der Waals surface area contributed by atoms with Crippen LogP contribution in [0, 0.1) is 6.92 Å². The fraction of sp³-hybridized carbons (Fsp3) is 0.625. The minimum absolute atomic E-state index is 0.472. The minimum Gasteiger partial charge on any atom is -0.496 e. The maximum absolute atomic E-state index is 5.50. The van der Waals surface area contributed by atoms with Crippen molar-refractivity contribution in [3.63, 3.8) is 0 Å². The molecule has 1 N–H and O–H groups in total. The van der Waals surface area contributed by atoms with Crippen LogP contribution in [0.25, 0.3) is 0 Å². The number of methoxy groups -OCH3 is 1. The molecule has 0 heterocycles. The zero-order chi connectivity index (χ0) is 13.5. The first-order valence-corrected chi connectivity index (χ1v) is 7.01. The smallest absolute Gasteiger partial charge is 0.122 e. The van der Waals surface area contributed by atoms with Gasteiger partial charge in [0.2, 0.25) is 0 Å². The van der Waals surface area contributed by atoms with E-state index in [0.717, 1.165) is 12.3 Å². The molecule has 2 unspecified atom stereocenters. The average Bonchev–Trinajstić information content (AvgIpc) is 2.37. The van der Waals surface area contributed by atoms with E-state index in [1.807, 2.05) is 0 Å². The van der Waals surface area contributed by atoms with Gasteiger partial charge < -0.3 is 10.1 Å². The van der Waals surface area contributed by atoms with Crippen molar-refractivity contribution in [1.82, 2.24) is 5.32 Å². The van der Waals surface area contributed by atoms with Gasteiger partial charge in [-0.1, -0.05) is 44.9 Å². The highest BCUT2D eigenvalue weighted by atomic mass is 16.5. The van der Waals surface area contributed by atoms with Crippen molar-refractivity contribution in [2.75, 3.05) is 13.7 Å². The molecule has 0 radical (unpaired) electrons. The summed E-state index contributed by atoms with van der Waals surface area (Å²) in [5, 5.41) is 3.60. The van der Waals surface area contributed by atoms with E-state index < -0.39 is 0 Å². The summed E-state index contributed by atoms with van der Waals surface area (Å²) in [4.78, 5) is 0. The van der Waals surface area contributed by atoms with Gasteiger partial charge in [-0.3, -0.25) is 0 Å². The van der Waals surface area contributed by atoms with Crippen LogP contribution >= 0.6 is 0 Å². The second kappa shape index (κ2) is 7.42. The van der Waals surface area contributed by atoms with Gasteiger partial charge >= 0.3 is 0 Å². The summed E-state index contributed by atoms with van der Waals surface area (Å²) in [5.41, 5.74) is 2.61. The normalized spacial score (nSPS) is 14.3. The third kappa shape index (κ3) is 3.74. The van der Waals surface area contributed by atoms with Crippen molar-refractivity contribution < 1.29 is 4.74 Å². The highest BCUT2D eigenvalue weighted by molar-refractivity contribution is 5.39. The van der Waals surface area contributed by atoms with Crippen molar-refractivity contribution in [3.05, 3.63) is 29.3 Å². The second-order valence-electron chi connectivity index (χ2n) is 4.99. The summed E-state index contributed by atoms with van der Waals surface area (Å²) < 4.78 is 5.50. The Balaban J connectivity index is 2.98. The molecule has 1 aromatic carbocycles. The molecule has 0 saturated carbocycles. The van der Waals surface area contributed by atoms with Crippen molar-refractivity contribution >= 4 is 0 Å². The SMILES string of the molecule is CCCC(NCC)C(C)c1cc(C)ccc1OC. The van der Waals surface area contributed by atoms with Gasteiger partial charge in [0.15, 0.2) is 0 Å². The van der Waals surface area contributed by atoms with Crippen molar-refractivity contribution in [2.45, 2.75) is 52.5 Å². The van der Waals surface area contributed by atoms with Crippen LogP contribution in [0.1, 0.15) is 50.7 Å². The third-order valence-electron chi connectivity index (χ3n) is 3.55. The van der Waals surface area contributed by atoms with Gasteiger partial charge in [-0.15, -0.1) is 0 Å². The van der Waals surface area contributed by atoms with Gasteiger partial charge in [-0.2, -0.15) is 0 Å². The molecule has 18 heavy (non-hydrogen) atoms. The maximum Gasteiger partial charge on any atom is 0.122 e. The summed E-state index contributed by atoms with van der Waals surface area (Å²) in [6, 6.07) is 6.97. The summed E-state index contributed by atoms with van der Waals surface area (Å²) in [7, 11) is 1.75. The topological polar surface area (TPSA) is 21.3 Å². The van der Waals surface area contributed by atoms with E-state index in [9.17, 15) is 0 Å². The van der Waals surface area contributed by atoms with E-state index in [4.69, 9.17) is 4.74 Å². The molecule has 0 aliphatic rings. The molecule has 102 valence electrons. The Morgan fingerprint density at radius 3 is 2.56 bits per heavy atom. The first-order valence-electron chi connectivity index (χ1n) is 7.01. The lowest BCUT2D eigenvalue weighted by Crippen LogP contribution is -2.33. The first-order chi connectivity index (χ1) is 8.63. The number of benzene rings is 1. The molecule has 0 saturated heterocycles. The second-order valence-corrected chi connectivity index (χ2v) is 4.99. The molecule has 0 aliphatic heterocycles. The van der Waals surface area contributed by atoms with E-state index in [1.54, 1.807) is 7.11 Å². The molecule has 1 rings (SSSR count). The lowest BCUT2D eigenvalue weighted by Gasteiger charge is -2.26. The van der Waals surface area contributed by atoms with E-state index >= 15 is 0 Å². The molecule has 2 atom stereocenters. The van der Waals surface area contributed by atoms with E-state index in [2.05, 4.69) is 51.2 Å². The highest BCUT2D eigenvalue weighted by Crippen LogP contribution is 2.31. The summed E-state index contributed by atoms with van der Waals surface area (Å²) in [5.74, 6) is 1.48. The van der Waals surface area contributed by atoms with Crippen molar-refractivity contribution in [1.29, 1.82) is 0 Å². The summed E-state index contributed by atoms with van der Waals surface area (Å²) >= 11 is 0. The maximum atomic E-state index is 5.50. The molecular formula is C16H27NO. The zero-order valence-corrected chi connectivity index (χ0v) is 12.4. The molecule has 0 fully saturated rings. The Morgan fingerprint density at radius 1 is 1.28 bits per heavy atom. The van der Waals surface area contributed by atoms with Crippen LogP contribution < -0.4 is 10.1 Å². The van der Waals surface area contributed by atoms with E-state index in [0.29, 0.717) is 12.0 Å². The molecule has 2 nitrogen and oxygen atoms in total. The van der Waals surface area contributed by atoms with E-state index in [-0.39, 0.29) is 0 Å². The van der Waals surface area contributed by atoms with E-state index in [1.165, 1.54) is 24.0 Å². The molecule has 0 bridgehead atoms. The monoisotopic (exact) mass is 249 g/mol. The van der Waals surface area contributed by atoms with Crippen LogP contribution in [-0.4, -0.2) is 19.7 Å². The van der Waals surface area contributed by atoms with Gasteiger partial charge in [0.25, 0.3) is 0 Å². The minimum atomic E-state index is 0.472. The van der Waals surface area contributed by atoms with Crippen molar-refractivity contribution in [2.24, 2.45) is 0 Å². The van der Waals surface area contributed by atoms with Crippen LogP contribution in [0.15, 0.2) is 18.2 Å². The molecule has 1 aromatic rings. The number of aryl methyl sites for hydroxylation is 1. The number of rotatable bonds is 7. The van der Waals surface area contributed by atoms with Gasteiger partial charge in [0.05, 0.1) is 7.11 Å². The van der Waals surface area contributed by atoms with Gasteiger partial charge in [0.1, 0.15) is 5.75 Å². The molecule has 0 aromatic heterocycles. The zero-order valence-electron chi connectivity index (χ0n) is 12.4. The molecular weight excluding hydrogens is 222 g/mol. The van der Waals surface area contributed by atoms with Gasteiger partial charge in [0, 0.05) is 12.0 Å². The Labute approximate surface area is 112 Å². The Hall–Kier alpha value is -1.02. The van der Waals surface area contributed by atoms with Gasteiger partial charge in [-0.05, 0) is 31.5 Å².